The molecule has 1 aliphatic rings. The van der Waals surface area contributed by atoms with Crippen molar-refractivity contribution in [1.29, 1.82) is 0 Å². The molecule has 3 atom stereocenters. The average molecular weight is 403 g/mol. The van der Waals surface area contributed by atoms with Crippen LogP contribution in [0.2, 0.25) is 0 Å². The number of benzene rings is 2. The molecule has 29 heavy (non-hydrogen) atoms. The van der Waals surface area contributed by atoms with E-state index in [1.807, 2.05) is 24.3 Å². The zero-order valence-electron chi connectivity index (χ0n) is 16.4. The Bertz CT molecular complexity index is 903. The minimum atomic E-state index is -4.31. The molecule has 154 valence electrons. The first-order valence-corrected chi connectivity index (χ1v) is 9.58. The van der Waals surface area contributed by atoms with Gasteiger partial charge >= 0.3 is 12.1 Å². The minimum absolute atomic E-state index is 0.0541. The van der Waals surface area contributed by atoms with Crippen molar-refractivity contribution in [2.24, 2.45) is 0 Å². The number of hydrogen-bond acceptors (Lipinski definition) is 2. The van der Waals surface area contributed by atoms with E-state index in [2.05, 4.69) is 11.8 Å². The van der Waals surface area contributed by atoms with Crippen molar-refractivity contribution in [2.75, 3.05) is 6.54 Å². The fourth-order valence-corrected chi connectivity index (χ4v) is 3.60. The molecule has 1 aliphatic heterocycles. The second kappa shape index (κ2) is 8.41. The second-order valence-electron chi connectivity index (χ2n) is 7.59. The quantitative estimate of drug-likeness (QED) is 0.485. The molecule has 0 bridgehead atoms. The summed E-state index contributed by atoms with van der Waals surface area (Å²) < 4.78 is 38.7. The van der Waals surface area contributed by atoms with Crippen molar-refractivity contribution in [3.63, 3.8) is 0 Å². The molecular weight excluding hydrogens is 379 g/mol. The maximum atomic E-state index is 12.9. The van der Waals surface area contributed by atoms with E-state index in [1.165, 1.54) is 18.2 Å². The van der Waals surface area contributed by atoms with Crippen molar-refractivity contribution in [3.8, 4) is 0 Å². The molecule has 1 heterocycles. The van der Waals surface area contributed by atoms with Gasteiger partial charge in [-0.1, -0.05) is 36.4 Å². The molecule has 6 heteroatoms. The molecule has 0 spiro atoms. The van der Waals surface area contributed by atoms with Crippen LogP contribution in [0.15, 0.2) is 54.6 Å². The summed E-state index contributed by atoms with van der Waals surface area (Å²) in [5.74, 6) is -0.964. The van der Waals surface area contributed by atoms with Crippen LogP contribution in [0.4, 0.5) is 13.2 Å². The molecule has 1 fully saturated rings. The summed E-state index contributed by atoms with van der Waals surface area (Å²) in [7, 11) is 0. The number of aryl methyl sites for hydroxylation is 1. The molecule has 3 rings (SSSR count). The van der Waals surface area contributed by atoms with E-state index in [4.69, 9.17) is 5.11 Å². The van der Waals surface area contributed by atoms with Crippen molar-refractivity contribution in [1.82, 2.24) is 4.90 Å². The molecule has 1 unspecified atom stereocenters. The lowest BCUT2D eigenvalue weighted by Gasteiger charge is -2.15. The lowest BCUT2D eigenvalue weighted by Crippen LogP contribution is -2.16. The predicted octanol–water partition coefficient (Wildman–Crippen LogP) is 5.57. The van der Waals surface area contributed by atoms with Gasteiger partial charge in [0.25, 0.3) is 0 Å². The van der Waals surface area contributed by atoms with E-state index in [-0.39, 0.29) is 12.1 Å². The maximum Gasteiger partial charge on any atom is 0.416 e. The number of carboxylic acids is 1. The highest BCUT2D eigenvalue weighted by atomic mass is 19.4. The van der Waals surface area contributed by atoms with Crippen LogP contribution in [0, 0.1) is 0 Å². The minimum Gasteiger partial charge on any atom is -0.478 e. The first-order valence-electron chi connectivity index (χ1n) is 9.58. The smallest absolute Gasteiger partial charge is 0.416 e. The lowest BCUT2D eigenvalue weighted by atomic mass is 10.0. The Labute approximate surface area is 168 Å². The maximum absolute atomic E-state index is 12.9. The van der Waals surface area contributed by atoms with E-state index in [9.17, 15) is 18.0 Å². The molecule has 2 aromatic rings. The number of nitrogens with zero attached hydrogens (tertiary/aromatic N) is 1. The highest BCUT2D eigenvalue weighted by molar-refractivity contribution is 5.89. The predicted molar refractivity (Wildman–Crippen MR) is 106 cm³/mol. The van der Waals surface area contributed by atoms with E-state index in [0.29, 0.717) is 5.57 Å². The SMILES string of the molecule is C/C(=C\C(=O)O)c1ccc(CC[C@H](C)N2C[C@H]2c2cccc(C(F)(F)F)c2)cc1. The topological polar surface area (TPSA) is 40.3 Å². The third kappa shape index (κ3) is 5.48. The summed E-state index contributed by atoms with van der Waals surface area (Å²) in [6.07, 6.45) is -1.37. The van der Waals surface area contributed by atoms with Crippen molar-refractivity contribution < 1.29 is 23.1 Å². The van der Waals surface area contributed by atoms with E-state index >= 15 is 0 Å². The summed E-state index contributed by atoms with van der Waals surface area (Å²) in [6.45, 7) is 4.64. The Kier molecular flexibility index (Phi) is 6.13. The average Bonchev–Trinajstić information content (AvgIpc) is 3.46. The molecule has 0 amide bonds. The Balaban J connectivity index is 1.55. The molecule has 2 aromatic carbocycles. The monoisotopic (exact) mass is 403 g/mol. The van der Waals surface area contributed by atoms with Gasteiger partial charge in [-0.15, -0.1) is 0 Å². The molecule has 3 nitrogen and oxygen atoms in total. The molecule has 1 saturated heterocycles. The zero-order valence-corrected chi connectivity index (χ0v) is 16.4. The number of aliphatic carboxylic acids is 1. The summed E-state index contributed by atoms with van der Waals surface area (Å²) in [6, 6.07) is 13.7. The third-order valence-corrected chi connectivity index (χ3v) is 5.42. The van der Waals surface area contributed by atoms with Crippen molar-refractivity contribution in [3.05, 3.63) is 76.9 Å². The fraction of sp³-hybridized carbons (Fsp3) is 0.348. The van der Waals surface area contributed by atoms with Gasteiger partial charge in [0.1, 0.15) is 0 Å². The van der Waals surface area contributed by atoms with Gasteiger partial charge < -0.3 is 5.11 Å². The van der Waals surface area contributed by atoms with Gasteiger partial charge in [-0.05, 0) is 61.1 Å². The van der Waals surface area contributed by atoms with Crippen molar-refractivity contribution >= 4 is 11.5 Å². The van der Waals surface area contributed by atoms with Gasteiger partial charge in [-0.25, -0.2) is 4.79 Å². The van der Waals surface area contributed by atoms with Crippen LogP contribution in [0.25, 0.3) is 5.57 Å². The number of carbonyl (C=O) groups is 1. The van der Waals surface area contributed by atoms with Crippen LogP contribution in [-0.2, 0) is 17.4 Å². The normalized spacial score (nSPS) is 20.4. The summed E-state index contributed by atoms with van der Waals surface area (Å²) >= 11 is 0. The summed E-state index contributed by atoms with van der Waals surface area (Å²) in [4.78, 5) is 13.0. The number of allylic oxidation sites excluding steroid dienone is 1. The van der Waals surface area contributed by atoms with Gasteiger partial charge in [0, 0.05) is 24.7 Å². The number of rotatable bonds is 7. The second-order valence-corrected chi connectivity index (χ2v) is 7.59. The summed E-state index contributed by atoms with van der Waals surface area (Å²) in [5.41, 5.74) is 2.85. The van der Waals surface area contributed by atoms with Crippen LogP contribution >= 0.6 is 0 Å². The fourth-order valence-electron chi connectivity index (χ4n) is 3.60. The van der Waals surface area contributed by atoms with E-state index in [0.717, 1.165) is 42.1 Å². The van der Waals surface area contributed by atoms with Gasteiger partial charge in [0.05, 0.1) is 5.56 Å². The molecule has 0 radical (unpaired) electrons. The Morgan fingerprint density at radius 3 is 2.55 bits per heavy atom. The largest absolute Gasteiger partial charge is 0.478 e. The van der Waals surface area contributed by atoms with Crippen LogP contribution in [0.5, 0.6) is 0 Å². The Hall–Kier alpha value is -2.60. The molecule has 0 aliphatic carbocycles. The number of hydrogen-bond donors (Lipinski definition) is 1. The van der Waals surface area contributed by atoms with Gasteiger partial charge in [-0.2, -0.15) is 13.2 Å². The Morgan fingerprint density at radius 2 is 1.93 bits per heavy atom. The van der Waals surface area contributed by atoms with Crippen LogP contribution in [-0.4, -0.2) is 28.6 Å². The van der Waals surface area contributed by atoms with Crippen LogP contribution in [0.1, 0.15) is 48.6 Å². The zero-order chi connectivity index (χ0) is 21.2. The van der Waals surface area contributed by atoms with Crippen LogP contribution < -0.4 is 0 Å². The van der Waals surface area contributed by atoms with Gasteiger partial charge in [-0.3, -0.25) is 4.90 Å². The molecule has 1 N–H and O–H groups in total. The molecular formula is C23H24F3NO2. The highest BCUT2D eigenvalue weighted by Crippen LogP contribution is 2.40. The van der Waals surface area contributed by atoms with E-state index < -0.39 is 17.7 Å². The Morgan fingerprint density at radius 1 is 1.24 bits per heavy atom. The van der Waals surface area contributed by atoms with Crippen LogP contribution in [0.3, 0.4) is 0 Å². The van der Waals surface area contributed by atoms with Gasteiger partial charge in [0.2, 0.25) is 0 Å². The highest BCUT2D eigenvalue weighted by Gasteiger charge is 2.40. The first kappa shape index (κ1) is 21.1. The number of halogens is 3. The third-order valence-electron chi connectivity index (χ3n) is 5.42. The number of alkyl halides is 3. The molecule has 0 aromatic heterocycles. The summed E-state index contributed by atoms with van der Waals surface area (Å²) in [5, 5.41) is 8.82. The van der Waals surface area contributed by atoms with Crippen molar-refractivity contribution in [2.45, 2.75) is 44.9 Å². The van der Waals surface area contributed by atoms with E-state index in [1.54, 1.807) is 13.0 Å². The lowest BCUT2D eigenvalue weighted by molar-refractivity contribution is -0.137. The van der Waals surface area contributed by atoms with Gasteiger partial charge in [0.15, 0.2) is 0 Å². The number of carboxylic acid groups (broad SMARTS) is 1. The standard InChI is InChI=1S/C23H24F3NO2/c1-15(12-22(28)29)18-10-8-17(9-11-18)7-6-16(2)27-14-21(27)19-4-3-5-20(13-19)23(24,25)26/h3-5,8-13,16,21H,6-7,14H2,1-2H3,(H,28,29)/b15-12+/t16-,21-,27?/m0/s1. The molecule has 0 saturated carbocycles. The first-order chi connectivity index (χ1) is 13.6.